The Morgan fingerprint density at radius 3 is 3.00 bits per heavy atom. The first kappa shape index (κ1) is 10.6. The van der Waals surface area contributed by atoms with Crippen LogP contribution >= 0.6 is 0 Å². The Labute approximate surface area is 90.1 Å². The van der Waals surface area contributed by atoms with Crippen molar-refractivity contribution in [2.24, 2.45) is 0 Å². The Kier molecular flexibility index (Phi) is 3.38. The van der Waals surface area contributed by atoms with Crippen LogP contribution in [0.1, 0.15) is 36.9 Å². The number of H-pyrrole nitrogens is 1. The average molecular weight is 209 g/mol. The van der Waals surface area contributed by atoms with E-state index in [9.17, 15) is 5.11 Å². The predicted octanol–water partition coefficient (Wildman–Crippen LogP) is 1.11. The van der Waals surface area contributed by atoms with Crippen LogP contribution in [-0.2, 0) is 6.54 Å². The van der Waals surface area contributed by atoms with Gasteiger partial charge in [0.15, 0.2) is 0 Å². The van der Waals surface area contributed by atoms with Gasteiger partial charge in [-0.15, -0.1) is 0 Å². The predicted molar refractivity (Wildman–Crippen MR) is 58.4 cm³/mol. The summed E-state index contributed by atoms with van der Waals surface area (Å²) in [5, 5.41) is 20.1. The van der Waals surface area contributed by atoms with E-state index in [1.165, 1.54) is 12.0 Å². The molecule has 0 aliphatic heterocycles. The molecule has 1 heterocycles. The monoisotopic (exact) mass is 209 g/mol. The Balaban J connectivity index is 1.84. The maximum Gasteiger partial charge on any atom is 0.0693 e. The molecule has 1 aromatic heterocycles. The zero-order valence-electron chi connectivity index (χ0n) is 9.16. The fourth-order valence-electron chi connectivity index (χ4n) is 2.14. The Bertz CT molecular complexity index is 311. The van der Waals surface area contributed by atoms with Gasteiger partial charge in [-0.25, -0.2) is 0 Å². The molecule has 4 heteroatoms. The van der Waals surface area contributed by atoms with Gasteiger partial charge in [-0.1, -0.05) is 12.8 Å². The van der Waals surface area contributed by atoms with E-state index in [4.69, 9.17) is 0 Å². The first-order valence-electron chi connectivity index (χ1n) is 5.67. The van der Waals surface area contributed by atoms with Crippen molar-refractivity contribution in [3.63, 3.8) is 0 Å². The molecule has 0 spiro atoms. The van der Waals surface area contributed by atoms with Crippen molar-refractivity contribution in [3.8, 4) is 0 Å². The van der Waals surface area contributed by atoms with Gasteiger partial charge in [0, 0.05) is 23.8 Å². The highest BCUT2D eigenvalue weighted by Crippen LogP contribution is 2.18. The summed E-state index contributed by atoms with van der Waals surface area (Å²) >= 11 is 0. The van der Waals surface area contributed by atoms with Crippen molar-refractivity contribution in [1.82, 2.24) is 15.5 Å². The number of aromatic nitrogens is 2. The van der Waals surface area contributed by atoms with Crippen molar-refractivity contribution < 1.29 is 5.11 Å². The van der Waals surface area contributed by atoms with Crippen LogP contribution in [0.4, 0.5) is 0 Å². The van der Waals surface area contributed by atoms with E-state index < -0.39 is 0 Å². The molecule has 2 atom stereocenters. The normalized spacial score (nSPS) is 26.8. The summed E-state index contributed by atoms with van der Waals surface area (Å²) in [5.74, 6) is 0. The quantitative estimate of drug-likeness (QED) is 0.699. The smallest absolute Gasteiger partial charge is 0.0693 e. The molecule has 1 fully saturated rings. The molecule has 0 aromatic carbocycles. The SMILES string of the molecule is Cc1[nH]ncc1CN[C@H]1CCCC[C@H]1O. The maximum absolute atomic E-state index is 9.78. The standard InChI is InChI=1S/C11H19N3O/c1-8-9(7-13-14-8)6-12-10-4-2-3-5-11(10)15/h7,10-12,15H,2-6H2,1H3,(H,13,14)/t10-,11+/m0/s1. The summed E-state index contributed by atoms with van der Waals surface area (Å²) in [5.41, 5.74) is 2.29. The summed E-state index contributed by atoms with van der Waals surface area (Å²) in [4.78, 5) is 0. The number of rotatable bonds is 3. The molecule has 1 aromatic rings. The number of aryl methyl sites for hydroxylation is 1. The van der Waals surface area contributed by atoms with Gasteiger partial charge in [-0.05, 0) is 19.8 Å². The minimum Gasteiger partial charge on any atom is -0.392 e. The third-order valence-electron chi connectivity index (χ3n) is 3.22. The van der Waals surface area contributed by atoms with Gasteiger partial charge in [-0.2, -0.15) is 5.10 Å². The summed E-state index contributed by atoms with van der Waals surface area (Å²) in [6.07, 6.45) is 6.06. The number of hydrogen-bond donors (Lipinski definition) is 3. The number of hydrogen-bond acceptors (Lipinski definition) is 3. The molecular weight excluding hydrogens is 190 g/mol. The van der Waals surface area contributed by atoms with Gasteiger partial charge in [0.25, 0.3) is 0 Å². The van der Waals surface area contributed by atoms with Crippen molar-refractivity contribution in [2.45, 2.75) is 51.3 Å². The van der Waals surface area contributed by atoms with Crippen molar-refractivity contribution in [3.05, 3.63) is 17.5 Å². The second kappa shape index (κ2) is 4.77. The van der Waals surface area contributed by atoms with E-state index in [-0.39, 0.29) is 12.1 Å². The zero-order valence-corrected chi connectivity index (χ0v) is 9.16. The highest BCUT2D eigenvalue weighted by Gasteiger charge is 2.22. The van der Waals surface area contributed by atoms with E-state index >= 15 is 0 Å². The molecule has 0 amide bonds. The van der Waals surface area contributed by atoms with Crippen LogP contribution in [-0.4, -0.2) is 27.4 Å². The van der Waals surface area contributed by atoms with Gasteiger partial charge in [0.2, 0.25) is 0 Å². The van der Waals surface area contributed by atoms with E-state index in [1.807, 2.05) is 13.1 Å². The molecule has 0 bridgehead atoms. The van der Waals surface area contributed by atoms with Crippen molar-refractivity contribution in [1.29, 1.82) is 0 Å². The molecule has 4 nitrogen and oxygen atoms in total. The molecular formula is C11H19N3O. The lowest BCUT2D eigenvalue weighted by Crippen LogP contribution is -2.41. The molecule has 84 valence electrons. The zero-order chi connectivity index (χ0) is 10.7. The van der Waals surface area contributed by atoms with Gasteiger partial charge in [0.05, 0.1) is 12.3 Å². The van der Waals surface area contributed by atoms with Gasteiger partial charge >= 0.3 is 0 Å². The van der Waals surface area contributed by atoms with Crippen LogP contribution in [0.3, 0.4) is 0 Å². The summed E-state index contributed by atoms with van der Waals surface area (Å²) < 4.78 is 0. The van der Waals surface area contributed by atoms with Gasteiger partial charge < -0.3 is 10.4 Å². The van der Waals surface area contributed by atoms with Crippen LogP contribution in [0.25, 0.3) is 0 Å². The number of nitrogens with one attached hydrogen (secondary N) is 2. The summed E-state index contributed by atoms with van der Waals surface area (Å²) in [6.45, 7) is 2.81. The Morgan fingerprint density at radius 1 is 1.53 bits per heavy atom. The Morgan fingerprint density at radius 2 is 2.33 bits per heavy atom. The van der Waals surface area contributed by atoms with Crippen LogP contribution in [0.15, 0.2) is 6.20 Å². The lowest BCUT2D eigenvalue weighted by molar-refractivity contribution is 0.0902. The van der Waals surface area contributed by atoms with Gasteiger partial charge in [0.1, 0.15) is 0 Å². The summed E-state index contributed by atoms with van der Waals surface area (Å²) in [6, 6.07) is 0.257. The van der Waals surface area contributed by atoms with Crippen molar-refractivity contribution in [2.75, 3.05) is 0 Å². The molecule has 3 N–H and O–H groups in total. The Hall–Kier alpha value is -0.870. The second-order valence-corrected chi connectivity index (χ2v) is 4.36. The molecule has 1 aliphatic rings. The fraction of sp³-hybridized carbons (Fsp3) is 0.727. The highest BCUT2D eigenvalue weighted by atomic mass is 16.3. The summed E-state index contributed by atoms with van der Waals surface area (Å²) in [7, 11) is 0. The first-order chi connectivity index (χ1) is 7.27. The lowest BCUT2D eigenvalue weighted by Gasteiger charge is -2.28. The number of aliphatic hydroxyl groups excluding tert-OH is 1. The van der Waals surface area contributed by atoms with Crippen LogP contribution in [0.2, 0.25) is 0 Å². The molecule has 0 radical (unpaired) electrons. The lowest BCUT2D eigenvalue weighted by atomic mass is 9.92. The molecule has 15 heavy (non-hydrogen) atoms. The molecule has 0 saturated heterocycles. The van der Waals surface area contributed by atoms with Crippen LogP contribution in [0, 0.1) is 6.92 Å². The number of nitrogens with zero attached hydrogens (tertiary/aromatic N) is 1. The third kappa shape index (κ3) is 2.58. The fourth-order valence-corrected chi connectivity index (χ4v) is 2.14. The van der Waals surface area contributed by atoms with E-state index in [2.05, 4.69) is 15.5 Å². The van der Waals surface area contributed by atoms with Crippen molar-refractivity contribution >= 4 is 0 Å². The number of aromatic amines is 1. The first-order valence-corrected chi connectivity index (χ1v) is 5.67. The molecule has 1 aliphatic carbocycles. The molecule has 2 rings (SSSR count). The third-order valence-corrected chi connectivity index (χ3v) is 3.22. The average Bonchev–Trinajstić information content (AvgIpc) is 2.63. The van der Waals surface area contributed by atoms with E-state index in [0.29, 0.717) is 0 Å². The van der Waals surface area contributed by atoms with Gasteiger partial charge in [-0.3, -0.25) is 5.10 Å². The molecule has 1 saturated carbocycles. The molecule has 0 unspecified atom stereocenters. The van der Waals surface area contributed by atoms with E-state index in [0.717, 1.165) is 31.5 Å². The van der Waals surface area contributed by atoms with Crippen LogP contribution in [0.5, 0.6) is 0 Å². The minimum absolute atomic E-state index is 0.175. The maximum atomic E-state index is 9.78. The topological polar surface area (TPSA) is 60.9 Å². The second-order valence-electron chi connectivity index (χ2n) is 4.36. The number of aliphatic hydroxyl groups is 1. The highest BCUT2D eigenvalue weighted by molar-refractivity contribution is 5.14. The van der Waals surface area contributed by atoms with E-state index in [1.54, 1.807) is 0 Å². The van der Waals surface area contributed by atoms with Crippen LogP contribution < -0.4 is 5.32 Å². The minimum atomic E-state index is -0.175. The largest absolute Gasteiger partial charge is 0.392 e.